The highest BCUT2D eigenvalue weighted by Gasteiger charge is 2.42. The predicted octanol–water partition coefficient (Wildman–Crippen LogP) is 3.47. The van der Waals surface area contributed by atoms with Crippen molar-refractivity contribution in [2.24, 2.45) is 21.5 Å². The largest absolute Gasteiger partial charge is 0.496 e. The monoisotopic (exact) mass is 363 g/mol. The number of rotatable bonds is 3. The molecule has 2 aromatic rings. The summed E-state index contributed by atoms with van der Waals surface area (Å²) in [5.41, 5.74) is 14.9. The van der Waals surface area contributed by atoms with Gasteiger partial charge in [-0.3, -0.25) is 4.90 Å². The van der Waals surface area contributed by atoms with Gasteiger partial charge in [-0.25, -0.2) is 4.99 Å². The second kappa shape index (κ2) is 6.95. The maximum atomic E-state index is 6.34. The first-order valence-corrected chi connectivity index (χ1v) is 9.36. The summed E-state index contributed by atoms with van der Waals surface area (Å²) in [6, 6.07) is 16.3. The fraction of sp³-hybridized carbons (Fsp3) is 0.333. The van der Waals surface area contributed by atoms with E-state index in [0.717, 1.165) is 48.2 Å². The van der Waals surface area contributed by atoms with E-state index in [-0.39, 0.29) is 5.96 Å². The van der Waals surface area contributed by atoms with Crippen molar-refractivity contribution >= 4 is 17.6 Å². The van der Waals surface area contributed by atoms with E-state index in [1.165, 1.54) is 6.42 Å². The fourth-order valence-electron chi connectivity index (χ4n) is 4.19. The van der Waals surface area contributed by atoms with Crippen LogP contribution in [0.15, 0.2) is 58.5 Å². The number of para-hydroxylation sites is 1. The molecule has 4 N–H and O–H groups in total. The summed E-state index contributed by atoms with van der Waals surface area (Å²) in [6.45, 7) is 0. The number of nitrogens with two attached hydrogens (primary N) is 2. The van der Waals surface area contributed by atoms with Gasteiger partial charge >= 0.3 is 0 Å². The molecule has 6 heteroatoms. The van der Waals surface area contributed by atoms with Gasteiger partial charge < -0.3 is 16.2 Å². The Bertz CT molecular complexity index is 899. The number of guanidine groups is 2. The van der Waals surface area contributed by atoms with Crippen LogP contribution >= 0.6 is 0 Å². The molecule has 27 heavy (non-hydrogen) atoms. The van der Waals surface area contributed by atoms with Gasteiger partial charge in [-0.05, 0) is 49.4 Å². The van der Waals surface area contributed by atoms with E-state index in [0.29, 0.717) is 5.96 Å². The SMILES string of the molecule is COc1ccccc1-c1cccc(N2C(N)=NC(N)=NC23CCCCC3)c1. The highest BCUT2D eigenvalue weighted by atomic mass is 16.5. The summed E-state index contributed by atoms with van der Waals surface area (Å²) in [6.07, 6.45) is 5.26. The molecule has 140 valence electrons. The third kappa shape index (κ3) is 3.12. The molecule has 1 aliphatic heterocycles. The first-order chi connectivity index (χ1) is 13.1. The number of ether oxygens (including phenoxy) is 1. The summed E-state index contributed by atoms with van der Waals surface area (Å²) in [4.78, 5) is 11.1. The lowest BCUT2D eigenvalue weighted by atomic mass is 9.87. The van der Waals surface area contributed by atoms with Crippen molar-refractivity contribution in [2.45, 2.75) is 37.8 Å². The number of methoxy groups -OCH3 is 1. The van der Waals surface area contributed by atoms with Crippen molar-refractivity contribution in [2.75, 3.05) is 12.0 Å². The molecule has 0 saturated heterocycles. The third-order valence-electron chi connectivity index (χ3n) is 5.37. The van der Waals surface area contributed by atoms with E-state index in [1.54, 1.807) is 7.11 Å². The molecule has 1 heterocycles. The minimum absolute atomic E-state index is 0.270. The number of hydrogen-bond donors (Lipinski definition) is 2. The van der Waals surface area contributed by atoms with E-state index in [2.05, 4.69) is 34.2 Å². The minimum Gasteiger partial charge on any atom is -0.496 e. The molecule has 0 radical (unpaired) electrons. The average Bonchev–Trinajstić information content (AvgIpc) is 2.68. The van der Waals surface area contributed by atoms with Crippen molar-refractivity contribution in [1.29, 1.82) is 0 Å². The molecule has 0 unspecified atom stereocenters. The summed E-state index contributed by atoms with van der Waals surface area (Å²) in [5, 5.41) is 0. The first-order valence-electron chi connectivity index (χ1n) is 9.36. The van der Waals surface area contributed by atoms with Crippen molar-refractivity contribution in [3.8, 4) is 16.9 Å². The Kier molecular flexibility index (Phi) is 4.48. The first kappa shape index (κ1) is 17.4. The van der Waals surface area contributed by atoms with Crippen LogP contribution < -0.4 is 21.1 Å². The topological polar surface area (TPSA) is 89.2 Å². The Labute approximate surface area is 159 Å². The summed E-state index contributed by atoms with van der Waals surface area (Å²) in [5.74, 6) is 1.51. The number of anilines is 1. The number of aliphatic imine (C=N–C) groups is 2. The van der Waals surface area contributed by atoms with Crippen LogP contribution in [0.1, 0.15) is 32.1 Å². The standard InChI is InChI=1S/C21H25N5O/c1-27-18-11-4-3-10-17(18)15-8-7-9-16(14-15)26-20(23)24-19(22)25-21(26)12-5-2-6-13-21/h3-4,7-11,14H,2,5-6,12-13H2,1H3,(H4,22,23,24,25). The van der Waals surface area contributed by atoms with Crippen LogP contribution in [0, 0.1) is 0 Å². The van der Waals surface area contributed by atoms with Crippen LogP contribution in [0.4, 0.5) is 5.69 Å². The molecule has 1 saturated carbocycles. The molecule has 0 amide bonds. The van der Waals surface area contributed by atoms with Gasteiger partial charge in [0.2, 0.25) is 11.9 Å². The molecule has 1 aliphatic carbocycles. The quantitative estimate of drug-likeness (QED) is 0.874. The van der Waals surface area contributed by atoms with E-state index in [9.17, 15) is 0 Å². The Balaban J connectivity index is 1.79. The molecule has 1 fully saturated rings. The lowest BCUT2D eigenvalue weighted by molar-refractivity contribution is 0.305. The summed E-state index contributed by atoms with van der Waals surface area (Å²) in [7, 11) is 1.69. The molecule has 1 spiro atoms. The van der Waals surface area contributed by atoms with Crippen molar-refractivity contribution in [1.82, 2.24) is 0 Å². The number of benzene rings is 2. The van der Waals surface area contributed by atoms with Gasteiger partial charge in [0.15, 0.2) is 0 Å². The zero-order chi connectivity index (χ0) is 18.9. The van der Waals surface area contributed by atoms with E-state index < -0.39 is 5.66 Å². The van der Waals surface area contributed by atoms with Crippen LogP contribution in [0.25, 0.3) is 11.1 Å². The molecule has 2 aliphatic rings. The van der Waals surface area contributed by atoms with Crippen molar-refractivity contribution in [3.63, 3.8) is 0 Å². The van der Waals surface area contributed by atoms with Crippen molar-refractivity contribution < 1.29 is 4.74 Å². The second-order valence-electron chi connectivity index (χ2n) is 7.07. The maximum absolute atomic E-state index is 6.34. The zero-order valence-corrected chi connectivity index (χ0v) is 15.6. The summed E-state index contributed by atoms with van der Waals surface area (Å²) < 4.78 is 5.53. The normalized spacial score (nSPS) is 18.8. The fourth-order valence-corrected chi connectivity index (χ4v) is 4.19. The van der Waals surface area contributed by atoms with Gasteiger partial charge in [0, 0.05) is 11.3 Å². The molecule has 0 atom stereocenters. The molecule has 0 bridgehead atoms. The minimum atomic E-state index is -0.437. The predicted molar refractivity (Wildman–Crippen MR) is 110 cm³/mol. The molecule has 4 rings (SSSR count). The smallest absolute Gasteiger partial charge is 0.220 e. The molecule has 0 aromatic heterocycles. The second-order valence-corrected chi connectivity index (χ2v) is 7.07. The number of hydrogen-bond acceptors (Lipinski definition) is 6. The molecular weight excluding hydrogens is 338 g/mol. The van der Waals surface area contributed by atoms with Gasteiger partial charge in [0.05, 0.1) is 7.11 Å². The Morgan fingerprint density at radius 1 is 1.00 bits per heavy atom. The van der Waals surface area contributed by atoms with Gasteiger partial charge in [0.25, 0.3) is 0 Å². The zero-order valence-electron chi connectivity index (χ0n) is 15.6. The highest BCUT2D eigenvalue weighted by molar-refractivity contribution is 6.05. The van der Waals surface area contributed by atoms with Crippen molar-refractivity contribution in [3.05, 3.63) is 48.5 Å². The Morgan fingerprint density at radius 2 is 1.78 bits per heavy atom. The van der Waals surface area contributed by atoms with Crippen LogP contribution in [0.3, 0.4) is 0 Å². The number of nitrogens with zero attached hydrogens (tertiary/aromatic N) is 3. The van der Waals surface area contributed by atoms with Crippen LogP contribution in [-0.4, -0.2) is 24.7 Å². The lowest BCUT2D eigenvalue weighted by Gasteiger charge is -2.45. The van der Waals surface area contributed by atoms with Gasteiger partial charge in [-0.15, -0.1) is 0 Å². The van der Waals surface area contributed by atoms with Gasteiger partial charge in [0.1, 0.15) is 11.4 Å². The maximum Gasteiger partial charge on any atom is 0.220 e. The Hall–Kier alpha value is -3.02. The molecular formula is C21H25N5O. The van der Waals surface area contributed by atoms with Gasteiger partial charge in [-0.1, -0.05) is 36.8 Å². The average molecular weight is 363 g/mol. The summed E-state index contributed by atoms with van der Waals surface area (Å²) >= 11 is 0. The van der Waals surface area contributed by atoms with Gasteiger partial charge in [-0.2, -0.15) is 4.99 Å². The van der Waals surface area contributed by atoms with E-state index in [1.807, 2.05) is 24.3 Å². The van der Waals surface area contributed by atoms with Crippen LogP contribution in [0.2, 0.25) is 0 Å². The van der Waals surface area contributed by atoms with Crippen LogP contribution in [0.5, 0.6) is 5.75 Å². The third-order valence-corrected chi connectivity index (χ3v) is 5.37. The van der Waals surface area contributed by atoms with Crippen LogP contribution in [-0.2, 0) is 0 Å². The highest BCUT2D eigenvalue weighted by Crippen LogP contribution is 2.41. The molecule has 2 aromatic carbocycles. The Morgan fingerprint density at radius 3 is 2.56 bits per heavy atom. The van der Waals surface area contributed by atoms with E-state index in [4.69, 9.17) is 21.2 Å². The molecule has 6 nitrogen and oxygen atoms in total. The van der Waals surface area contributed by atoms with E-state index >= 15 is 0 Å². The lowest BCUT2D eigenvalue weighted by Crippen LogP contribution is -2.58.